The van der Waals surface area contributed by atoms with Crippen LogP contribution in [0.25, 0.3) is 109 Å². The molecule has 13 aromatic rings. The highest BCUT2D eigenvalue weighted by atomic mass is 35.5. The third-order valence-corrected chi connectivity index (χ3v) is 12.3. The van der Waals surface area contributed by atoms with E-state index in [2.05, 4.69) is 120 Å². The van der Waals surface area contributed by atoms with Gasteiger partial charge in [-0.05, 0) is 122 Å². The Bertz CT molecular complexity index is 4000. The number of fused-ring (bicyclic) bond motifs is 15. The number of nitrogens with zero attached hydrogens (tertiary/aromatic N) is 2. The monoisotopic (exact) mass is 845 g/mol. The van der Waals surface area contributed by atoms with Gasteiger partial charge in [-0.2, -0.15) is 0 Å². The summed E-state index contributed by atoms with van der Waals surface area (Å²) in [6, 6.07) is 48.6. The van der Waals surface area contributed by atoms with Crippen molar-refractivity contribution < 1.29 is 24.5 Å². The van der Waals surface area contributed by atoms with E-state index >= 15 is 0 Å². The molecule has 0 N–H and O–H groups in total. The topological polar surface area (TPSA) is 71.2 Å². The van der Waals surface area contributed by atoms with Crippen LogP contribution in [0.15, 0.2) is 148 Å². The Hall–Kier alpha value is -7.48. The highest BCUT2D eigenvalue weighted by Crippen LogP contribution is 2.48. The van der Waals surface area contributed by atoms with Crippen LogP contribution >= 0.6 is 11.6 Å². The highest BCUT2D eigenvalue weighted by molar-refractivity contribution is 6.37. The van der Waals surface area contributed by atoms with Crippen LogP contribution < -0.4 is 9.47 Å². The van der Waals surface area contributed by atoms with Gasteiger partial charge in [-0.1, -0.05) is 89.5 Å². The van der Waals surface area contributed by atoms with E-state index in [1.165, 1.54) is 61.4 Å². The maximum absolute atomic E-state index is 9.62. The lowest BCUT2D eigenvalue weighted by atomic mass is 10.0. The standard InChI is InChI=1S/C26H18ClNO2.C26H17NO2.C3H6O/c1-15-7-8-16-9-10-18(14-17(16)13-15)28-24-19-5-3-4-6-21(19)30-26(24)23-22(29-2)12-11-20(27)25(23)28;1-14-7-8-15-12-19-17-9-10-22(28-2)23-24(17)27(20(19)13-16(15)11-14)25-18-5-3-4-6-21(18)29-26(23)25;1-3(2)4/h3-14H,1-2H3;3-13H,1-2H3;1-2H3/i;;1D. The molecule has 0 unspecified atom stereocenters. The Kier molecular flexibility index (Phi) is 8.63. The average molecular weight is 846 g/mol. The minimum absolute atomic E-state index is 0.0787. The maximum atomic E-state index is 9.62. The fourth-order valence-electron chi connectivity index (χ4n) is 9.43. The largest absolute Gasteiger partial charge is 0.496 e. The number of rotatable bonds is 3. The minimum atomic E-state index is -0.0833. The number of aromatic nitrogens is 2. The number of carbonyl (C=O) groups excluding carboxylic acids is 1. The fourth-order valence-corrected chi connectivity index (χ4v) is 9.68. The molecule has 0 aliphatic rings. The lowest BCUT2D eigenvalue weighted by molar-refractivity contribution is -0.115. The molecule has 0 amide bonds. The van der Waals surface area contributed by atoms with Crippen molar-refractivity contribution >= 4 is 121 Å². The Labute approximate surface area is 367 Å². The van der Waals surface area contributed by atoms with Crippen LogP contribution in [0.5, 0.6) is 11.5 Å². The summed E-state index contributed by atoms with van der Waals surface area (Å²) in [5.74, 6) is 1.51. The zero-order valence-electron chi connectivity index (χ0n) is 36.3. The predicted molar refractivity (Wildman–Crippen MR) is 260 cm³/mol. The molecule has 0 aliphatic carbocycles. The van der Waals surface area contributed by atoms with Crippen LogP contribution in [0, 0.1) is 13.8 Å². The summed E-state index contributed by atoms with van der Waals surface area (Å²) >= 11 is 6.75. The number of furan rings is 2. The van der Waals surface area contributed by atoms with Crippen molar-refractivity contribution in [2.75, 3.05) is 14.2 Å². The summed E-state index contributed by atoms with van der Waals surface area (Å²) in [4.78, 5) is 9.62. The zero-order chi connectivity index (χ0) is 44.0. The Balaban J connectivity index is 0.000000129. The molecule has 5 heterocycles. The second-order valence-corrected chi connectivity index (χ2v) is 16.6. The first-order valence-electron chi connectivity index (χ1n) is 21.4. The first-order valence-corrected chi connectivity index (χ1v) is 21.1. The average Bonchev–Trinajstić information content (AvgIpc) is 4.11. The van der Waals surface area contributed by atoms with Gasteiger partial charge in [-0.25, -0.2) is 0 Å². The van der Waals surface area contributed by atoms with Gasteiger partial charge in [0.1, 0.15) is 39.5 Å². The number of carbonyl (C=O) groups is 1. The van der Waals surface area contributed by atoms with E-state index in [0.29, 0.717) is 5.02 Å². The summed E-state index contributed by atoms with van der Waals surface area (Å²) in [6.07, 6.45) is 0. The van der Waals surface area contributed by atoms with Crippen molar-refractivity contribution in [3.63, 3.8) is 0 Å². The number of Topliss-reactive ketones (excluding diaryl/α,β-unsaturated/α-hetero) is 1. The Morgan fingerprint density at radius 2 is 1.14 bits per heavy atom. The number of aryl methyl sites for hydroxylation is 2. The van der Waals surface area contributed by atoms with Crippen molar-refractivity contribution in [3.8, 4) is 17.2 Å². The summed E-state index contributed by atoms with van der Waals surface area (Å²) < 4.78 is 35.0. The van der Waals surface area contributed by atoms with E-state index in [1.54, 1.807) is 14.2 Å². The zero-order valence-corrected chi connectivity index (χ0v) is 36.1. The van der Waals surface area contributed by atoms with Gasteiger partial charge in [-0.15, -0.1) is 0 Å². The minimum Gasteiger partial charge on any atom is -0.496 e. The number of methoxy groups -OCH3 is 2. The molecule has 308 valence electrons. The van der Waals surface area contributed by atoms with Crippen molar-refractivity contribution in [1.29, 1.82) is 0 Å². The van der Waals surface area contributed by atoms with E-state index in [9.17, 15) is 4.79 Å². The van der Waals surface area contributed by atoms with E-state index in [4.69, 9.17) is 31.3 Å². The molecule has 5 aromatic heterocycles. The molecule has 0 bridgehead atoms. The van der Waals surface area contributed by atoms with E-state index in [-0.39, 0.29) is 12.7 Å². The smallest absolute Gasteiger partial charge is 0.165 e. The summed E-state index contributed by atoms with van der Waals surface area (Å²) in [5.41, 5.74) is 12.4. The number of halogens is 1. The molecule has 0 fully saturated rings. The fraction of sp³-hybridized carbons (Fsp3) is 0.109. The maximum Gasteiger partial charge on any atom is 0.165 e. The number of para-hydroxylation sites is 2. The number of hydrogen-bond acceptors (Lipinski definition) is 5. The van der Waals surface area contributed by atoms with Gasteiger partial charge in [-0.3, -0.25) is 0 Å². The number of ether oxygens (including phenoxy) is 2. The number of benzene rings is 8. The van der Waals surface area contributed by atoms with Crippen LogP contribution in [0.2, 0.25) is 5.02 Å². The van der Waals surface area contributed by atoms with E-state index in [1.807, 2.05) is 42.5 Å². The van der Waals surface area contributed by atoms with E-state index in [0.717, 1.165) is 77.6 Å². The molecule has 7 nitrogen and oxygen atoms in total. The van der Waals surface area contributed by atoms with Gasteiger partial charge in [0.05, 0.1) is 46.6 Å². The lowest BCUT2D eigenvalue weighted by Gasteiger charge is -2.11. The second kappa shape index (κ2) is 14.6. The molecule has 0 aliphatic heterocycles. The molecule has 13 rings (SSSR count). The summed E-state index contributed by atoms with van der Waals surface area (Å²) in [5, 5.41) is 12.2. The lowest BCUT2D eigenvalue weighted by Crippen LogP contribution is -1.95. The van der Waals surface area contributed by atoms with Gasteiger partial charge in [0, 0.05) is 28.6 Å². The molecule has 0 spiro atoms. The van der Waals surface area contributed by atoms with Crippen LogP contribution in [0.1, 0.15) is 26.3 Å². The molecule has 8 aromatic carbocycles. The van der Waals surface area contributed by atoms with Gasteiger partial charge in [0.2, 0.25) is 0 Å². The molecular formula is C55H41ClN2O5. The molecule has 0 atom stereocenters. The SMILES string of the molecule is COc1ccc(Cl)c2c1c1oc3ccccc3c1n2-c1ccc2ccc(C)cc2c1.COc1ccc2c3cc4ccc(C)cc4cc3n3c4c5ccccc5oc4c1c23.[2H]CC(C)=O. The number of ketones is 1. The van der Waals surface area contributed by atoms with Crippen LogP contribution in [0.4, 0.5) is 0 Å². The van der Waals surface area contributed by atoms with Crippen molar-refractivity contribution in [2.45, 2.75) is 27.7 Å². The summed E-state index contributed by atoms with van der Waals surface area (Å²) in [6.45, 7) is 5.57. The van der Waals surface area contributed by atoms with Crippen LogP contribution in [-0.2, 0) is 4.79 Å². The normalized spacial score (nSPS) is 12.0. The molecule has 0 saturated heterocycles. The van der Waals surface area contributed by atoms with Crippen LogP contribution in [-0.4, -0.2) is 29.0 Å². The number of hydrogen-bond donors (Lipinski definition) is 0. The third-order valence-electron chi connectivity index (χ3n) is 12.0. The first kappa shape index (κ1) is 37.3. The first-order chi connectivity index (χ1) is 31.2. The molecular weight excluding hydrogens is 804 g/mol. The third kappa shape index (κ3) is 5.91. The van der Waals surface area contributed by atoms with Crippen LogP contribution in [0.3, 0.4) is 0 Å². The quantitative estimate of drug-likeness (QED) is 0.177. The molecule has 63 heavy (non-hydrogen) atoms. The van der Waals surface area contributed by atoms with Gasteiger partial charge < -0.3 is 32.1 Å². The van der Waals surface area contributed by atoms with E-state index < -0.39 is 0 Å². The highest BCUT2D eigenvalue weighted by Gasteiger charge is 2.26. The van der Waals surface area contributed by atoms with Gasteiger partial charge >= 0.3 is 0 Å². The molecule has 8 heteroatoms. The van der Waals surface area contributed by atoms with Crippen molar-refractivity contribution in [1.82, 2.24) is 8.97 Å². The summed E-state index contributed by atoms with van der Waals surface area (Å²) in [7, 11) is 3.40. The Morgan fingerprint density at radius 1 is 0.571 bits per heavy atom. The second-order valence-electron chi connectivity index (χ2n) is 16.2. The predicted octanol–water partition coefficient (Wildman–Crippen LogP) is 15.3. The van der Waals surface area contributed by atoms with Crippen molar-refractivity contribution in [2.24, 2.45) is 0 Å². The van der Waals surface area contributed by atoms with Gasteiger partial charge in [0.15, 0.2) is 11.2 Å². The van der Waals surface area contributed by atoms with Gasteiger partial charge in [0.25, 0.3) is 0 Å². The molecule has 0 saturated carbocycles. The van der Waals surface area contributed by atoms with Crippen molar-refractivity contribution in [3.05, 3.63) is 156 Å². The Morgan fingerprint density at radius 3 is 1.81 bits per heavy atom. The molecule has 0 radical (unpaired) electrons.